The van der Waals surface area contributed by atoms with E-state index in [1.807, 2.05) is 25.1 Å². The van der Waals surface area contributed by atoms with Gasteiger partial charge in [-0.2, -0.15) is 4.31 Å². The summed E-state index contributed by atoms with van der Waals surface area (Å²) in [5.41, 5.74) is 1.97. The van der Waals surface area contributed by atoms with Crippen LogP contribution in [-0.4, -0.2) is 44.9 Å². The molecule has 0 bridgehead atoms. The lowest BCUT2D eigenvalue weighted by atomic mass is 10.0. The van der Waals surface area contributed by atoms with Crippen LogP contribution in [0.1, 0.15) is 47.3 Å². The Morgan fingerprint density at radius 2 is 1.73 bits per heavy atom. The van der Waals surface area contributed by atoms with E-state index in [1.165, 1.54) is 10.4 Å². The lowest BCUT2D eigenvalue weighted by Gasteiger charge is -2.21. The second-order valence-corrected chi connectivity index (χ2v) is 9.62. The van der Waals surface area contributed by atoms with Crippen LogP contribution in [0.3, 0.4) is 0 Å². The average molecular weight is 431 g/mol. The van der Waals surface area contributed by atoms with Gasteiger partial charge in [0.1, 0.15) is 13.2 Å². The molecule has 30 heavy (non-hydrogen) atoms. The summed E-state index contributed by atoms with van der Waals surface area (Å²) in [7, 11) is -3.58. The van der Waals surface area contributed by atoms with E-state index in [4.69, 9.17) is 9.47 Å². The normalized spacial score (nSPS) is 17.5. The van der Waals surface area contributed by atoms with E-state index < -0.39 is 10.0 Å². The summed E-state index contributed by atoms with van der Waals surface area (Å²) in [4.78, 5) is 13.1. The van der Waals surface area contributed by atoms with Gasteiger partial charge in [-0.15, -0.1) is 0 Å². The third-order valence-electron chi connectivity index (χ3n) is 5.57. The van der Waals surface area contributed by atoms with E-state index in [9.17, 15) is 13.2 Å². The summed E-state index contributed by atoms with van der Waals surface area (Å²) < 4.78 is 38.4. The number of benzene rings is 2. The van der Waals surface area contributed by atoms with E-state index in [-0.39, 0.29) is 16.8 Å². The van der Waals surface area contributed by atoms with Gasteiger partial charge in [-0.1, -0.05) is 12.1 Å². The molecule has 2 aliphatic rings. The third kappa shape index (κ3) is 4.02. The molecule has 1 fully saturated rings. The maximum Gasteiger partial charge on any atom is 0.252 e. The fourth-order valence-corrected chi connectivity index (χ4v) is 5.31. The van der Waals surface area contributed by atoms with E-state index in [0.717, 1.165) is 24.0 Å². The van der Waals surface area contributed by atoms with Crippen molar-refractivity contribution in [1.82, 2.24) is 9.62 Å². The molecule has 0 aliphatic carbocycles. The number of nitrogens with zero attached hydrogens (tertiary/aromatic N) is 1. The molecule has 0 radical (unpaired) electrons. The van der Waals surface area contributed by atoms with Crippen molar-refractivity contribution >= 4 is 15.9 Å². The van der Waals surface area contributed by atoms with Gasteiger partial charge in [0.2, 0.25) is 10.0 Å². The molecule has 160 valence electrons. The number of sulfonamides is 1. The Kier molecular flexibility index (Phi) is 5.71. The topological polar surface area (TPSA) is 84.9 Å². The van der Waals surface area contributed by atoms with Crippen molar-refractivity contribution in [1.29, 1.82) is 0 Å². The van der Waals surface area contributed by atoms with Crippen molar-refractivity contribution in [3.05, 3.63) is 53.1 Å². The van der Waals surface area contributed by atoms with E-state index in [2.05, 4.69) is 5.32 Å². The Bertz CT molecular complexity index is 1060. The first-order valence-electron chi connectivity index (χ1n) is 10.2. The zero-order valence-electron chi connectivity index (χ0n) is 17.2. The van der Waals surface area contributed by atoms with Gasteiger partial charge >= 0.3 is 0 Å². The molecular formula is C22H26N2O5S. The molecule has 7 nitrogen and oxygen atoms in total. The molecule has 2 aromatic rings. The van der Waals surface area contributed by atoms with Crippen LogP contribution in [0.2, 0.25) is 0 Å². The maximum atomic E-state index is 13.0. The number of aryl methyl sites for hydroxylation is 1. The van der Waals surface area contributed by atoms with Crippen LogP contribution in [0.4, 0.5) is 0 Å². The fourth-order valence-electron chi connectivity index (χ4n) is 3.77. The van der Waals surface area contributed by atoms with Crippen molar-refractivity contribution in [2.45, 2.75) is 37.6 Å². The molecule has 0 unspecified atom stereocenters. The summed E-state index contributed by atoms with van der Waals surface area (Å²) in [5, 5.41) is 2.96. The molecule has 1 amide bonds. The van der Waals surface area contributed by atoms with Crippen molar-refractivity contribution in [2.75, 3.05) is 26.3 Å². The summed E-state index contributed by atoms with van der Waals surface area (Å²) in [6.45, 7) is 5.75. The predicted octanol–water partition coefficient (Wildman–Crippen LogP) is 3.04. The Hall–Kier alpha value is -2.58. The van der Waals surface area contributed by atoms with Crippen LogP contribution in [0.5, 0.6) is 11.5 Å². The molecule has 8 heteroatoms. The Labute approximate surface area is 177 Å². The predicted molar refractivity (Wildman–Crippen MR) is 112 cm³/mol. The molecule has 0 aromatic heterocycles. The highest BCUT2D eigenvalue weighted by molar-refractivity contribution is 7.89. The van der Waals surface area contributed by atoms with Gasteiger partial charge in [0.15, 0.2) is 11.5 Å². The molecule has 2 heterocycles. The largest absolute Gasteiger partial charge is 0.486 e. The van der Waals surface area contributed by atoms with Gasteiger partial charge in [0.05, 0.1) is 10.9 Å². The highest BCUT2D eigenvalue weighted by Gasteiger charge is 2.28. The first-order chi connectivity index (χ1) is 14.4. The number of fused-ring (bicyclic) bond motifs is 1. The quantitative estimate of drug-likeness (QED) is 0.788. The minimum absolute atomic E-state index is 0.159. The molecule has 0 saturated carbocycles. The maximum absolute atomic E-state index is 13.0. The number of carbonyl (C=O) groups is 1. The summed E-state index contributed by atoms with van der Waals surface area (Å²) >= 11 is 0. The van der Waals surface area contributed by atoms with Gasteiger partial charge in [0.25, 0.3) is 5.91 Å². The fraction of sp³-hybridized carbons (Fsp3) is 0.409. The Morgan fingerprint density at radius 3 is 2.47 bits per heavy atom. The van der Waals surface area contributed by atoms with Crippen LogP contribution < -0.4 is 14.8 Å². The van der Waals surface area contributed by atoms with Crippen LogP contribution >= 0.6 is 0 Å². The third-order valence-corrected chi connectivity index (χ3v) is 7.46. The summed E-state index contributed by atoms with van der Waals surface area (Å²) in [6.07, 6.45) is 1.73. The minimum atomic E-state index is -3.58. The lowest BCUT2D eigenvalue weighted by molar-refractivity contribution is 0.0939. The molecular weight excluding hydrogens is 404 g/mol. The number of rotatable bonds is 5. The van der Waals surface area contributed by atoms with Gasteiger partial charge in [-0.05, 0) is 62.1 Å². The van der Waals surface area contributed by atoms with Gasteiger partial charge in [0, 0.05) is 18.7 Å². The number of amides is 1. The van der Waals surface area contributed by atoms with Crippen LogP contribution in [-0.2, 0) is 10.0 Å². The number of ether oxygens (including phenoxy) is 2. The Morgan fingerprint density at radius 1 is 1.03 bits per heavy atom. The van der Waals surface area contributed by atoms with E-state index in [1.54, 1.807) is 19.1 Å². The van der Waals surface area contributed by atoms with Gasteiger partial charge < -0.3 is 14.8 Å². The van der Waals surface area contributed by atoms with Gasteiger partial charge in [-0.25, -0.2) is 8.42 Å². The Balaban J connectivity index is 1.54. The van der Waals surface area contributed by atoms with E-state index >= 15 is 0 Å². The zero-order chi connectivity index (χ0) is 21.3. The smallest absolute Gasteiger partial charge is 0.252 e. The first kappa shape index (κ1) is 20.7. The summed E-state index contributed by atoms with van der Waals surface area (Å²) in [6, 6.07) is 10.0. The standard InChI is InChI=1S/C22H26N2O5S/c1-15-5-7-18(30(26,27)24-9-3-4-10-24)14-19(15)22(25)23-16(2)17-6-8-20-21(13-17)29-12-11-28-20/h5-8,13-14,16H,3-4,9-12H2,1-2H3,(H,23,25)/t16-/m0/s1. The molecule has 0 spiro atoms. The van der Waals surface area contributed by atoms with Crippen molar-refractivity contribution in [2.24, 2.45) is 0 Å². The SMILES string of the molecule is Cc1ccc(S(=O)(=O)N2CCCC2)cc1C(=O)N[C@@H](C)c1ccc2c(c1)OCCO2. The number of hydrogen-bond acceptors (Lipinski definition) is 5. The molecule has 2 aromatic carbocycles. The summed E-state index contributed by atoms with van der Waals surface area (Å²) in [5.74, 6) is 1.04. The monoisotopic (exact) mass is 430 g/mol. The molecule has 1 atom stereocenters. The van der Waals surface area contributed by atoms with Crippen LogP contribution in [0, 0.1) is 6.92 Å². The first-order valence-corrected chi connectivity index (χ1v) is 11.6. The lowest BCUT2D eigenvalue weighted by Crippen LogP contribution is -2.30. The zero-order valence-corrected chi connectivity index (χ0v) is 18.0. The van der Waals surface area contributed by atoms with Gasteiger partial charge in [-0.3, -0.25) is 4.79 Å². The number of carbonyl (C=O) groups excluding carboxylic acids is 1. The van der Waals surface area contributed by atoms with Crippen LogP contribution in [0.25, 0.3) is 0 Å². The van der Waals surface area contributed by atoms with Crippen molar-refractivity contribution in [3.63, 3.8) is 0 Å². The average Bonchev–Trinajstić information content (AvgIpc) is 3.29. The van der Waals surface area contributed by atoms with E-state index in [0.29, 0.717) is 43.4 Å². The number of hydrogen-bond donors (Lipinski definition) is 1. The molecule has 4 rings (SSSR count). The highest BCUT2D eigenvalue weighted by atomic mass is 32.2. The number of nitrogens with one attached hydrogen (secondary N) is 1. The minimum Gasteiger partial charge on any atom is -0.486 e. The van der Waals surface area contributed by atoms with Crippen LogP contribution in [0.15, 0.2) is 41.3 Å². The second kappa shape index (κ2) is 8.28. The molecule has 2 aliphatic heterocycles. The van der Waals surface area contributed by atoms with Crippen molar-refractivity contribution < 1.29 is 22.7 Å². The molecule has 1 saturated heterocycles. The highest BCUT2D eigenvalue weighted by Crippen LogP contribution is 2.32. The second-order valence-electron chi connectivity index (χ2n) is 7.69. The van der Waals surface area contributed by atoms with Crippen molar-refractivity contribution in [3.8, 4) is 11.5 Å². The molecule has 1 N–H and O–H groups in total.